The molecule has 0 radical (unpaired) electrons. The average Bonchev–Trinajstić information content (AvgIpc) is 2.49. The lowest BCUT2D eigenvalue weighted by Crippen LogP contribution is -2.30. The molecule has 1 atom stereocenters. The maximum atomic E-state index is 13.4. The quantitative estimate of drug-likeness (QED) is 0.631. The largest absolute Gasteiger partial charge is 0.496 e. The van der Waals surface area contributed by atoms with Gasteiger partial charge in [-0.05, 0) is 24.3 Å². The number of rotatable bonds is 5. The van der Waals surface area contributed by atoms with E-state index in [0.29, 0.717) is 22.9 Å². The van der Waals surface area contributed by atoms with E-state index in [2.05, 4.69) is 15.6 Å². The standard InChI is InChI=1S/C13H15FN4O2/c1-19-11-5-3-8(14)7-9(11)13(16-15)10-4-6-12(20-2)18-17-10/h3-7,13,16H,15H2,1-2H3. The summed E-state index contributed by atoms with van der Waals surface area (Å²) in [4.78, 5) is 0. The predicted molar refractivity (Wildman–Crippen MR) is 70.7 cm³/mol. The highest BCUT2D eigenvalue weighted by Gasteiger charge is 2.19. The first-order valence-electron chi connectivity index (χ1n) is 5.86. The molecule has 106 valence electrons. The third-order valence-corrected chi connectivity index (χ3v) is 2.84. The molecule has 1 heterocycles. The van der Waals surface area contributed by atoms with E-state index in [-0.39, 0.29) is 5.82 Å². The van der Waals surface area contributed by atoms with E-state index in [9.17, 15) is 4.39 Å². The molecule has 20 heavy (non-hydrogen) atoms. The van der Waals surface area contributed by atoms with Crippen molar-refractivity contribution in [3.63, 3.8) is 0 Å². The number of nitrogens with zero attached hydrogens (tertiary/aromatic N) is 2. The van der Waals surface area contributed by atoms with Gasteiger partial charge in [-0.3, -0.25) is 5.84 Å². The van der Waals surface area contributed by atoms with E-state index in [4.69, 9.17) is 15.3 Å². The molecule has 1 unspecified atom stereocenters. The lowest BCUT2D eigenvalue weighted by Gasteiger charge is -2.18. The fourth-order valence-corrected chi connectivity index (χ4v) is 1.86. The number of methoxy groups -OCH3 is 2. The Morgan fingerprint density at radius 2 is 1.95 bits per heavy atom. The van der Waals surface area contributed by atoms with Gasteiger partial charge in [-0.1, -0.05) is 0 Å². The van der Waals surface area contributed by atoms with Crippen molar-refractivity contribution < 1.29 is 13.9 Å². The summed E-state index contributed by atoms with van der Waals surface area (Å²) in [5.74, 6) is 6.06. The molecule has 7 heteroatoms. The third-order valence-electron chi connectivity index (χ3n) is 2.84. The number of ether oxygens (including phenoxy) is 2. The van der Waals surface area contributed by atoms with Gasteiger partial charge in [-0.25, -0.2) is 9.82 Å². The molecule has 2 rings (SSSR count). The van der Waals surface area contributed by atoms with Gasteiger partial charge in [-0.2, -0.15) is 0 Å². The zero-order valence-corrected chi connectivity index (χ0v) is 11.1. The van der Waals surface area contributed by atoms with E-state index in [0.717, 1.165) is 0 Å². The number of halogens is 1. The number of nitrogens with one attached hydrogen (secondary N) is 1. The lowest BCUT2D eigenvalue weighted by molar-refractivity contribution is 0.388. The van der Waals surface area contributed by atoms with Crippen molar-refractivity contribution >= 4 is 0 Å². The SMILES string of the molecule is COc1ccc(C(NN)c2cc(F)ccc2OC)nn1. The molecule has 1 aromatic carbocycles. The fraction of sp³-hybridized carbons (Fsp3) is 0.231. The molecule has 3 N–H and O–H groups in total. The number of hydrogen-bond acceptors (Lipinski definition) is 6. The highest BCUT2D eigenvalue weighted by atomic mass is 19.1. The molecular weight excluding hydrogens is 263 g/mol. The Morgan fingerprint density at radius 3 is 2.50 bits per heavy atom. The normalized spacial score (nSPS) is 12.0. The van der Waals surface area contributed by atoms with Gasteiger partial charge in [0.05, 0.1) is 26.0 Å². The van der Waals surface area contributed by atoms with Gasteiger partial charge in [0.2, 0.25) is 5.88 Å². The highest BCUT2D eigenvalue weighted by Crippen LogP contribution is 2.29. The first-order valence-corrected chi connectivity index (χ1v) is 5.86. The van der Waals surface area contributed by atoms with Crippen LogP contribution in [0.2, 0.25) is 0 Å². The van der Waals surface area contributed by atoms with Gasteiger partial charge >= 0.3 is 0 Å². The number of hydrazine groups is 1. The van der Waals surface area contributed by atoms with E-state index in [1.54, 1.807) is 12.1 Å². The predicted octanol–water partition coefficient (Wildman–Crippen LogP) is 1.19. The number of aromatic nitrogens is 2. The molecule has 2 aromatic rings. The van der Waals surface area contributed by atoms with Crippen LogP contribution in [0.5, 0.6) is 11.6 Å². The third kappa shape index (κ3) is 2.84. The fourth-order valence-electron chi connectivity index (χ4n) is 1.86. The Balaban J connectivity index is 2.43. The zero-order valence-electron chi connectivity index (χ0n) is 11.1. The molecule has 0 saturated carbocycles. The molecule has 1 aromatic heterocycles. The van der Waals surface area contributed by atoms with Crippen molar-refractivity contribution in [2.75, 3.05) is 14.2 Å². The molecule has 0 fully saturated rings. The Hall–Kier alpha value is -2.25. The second-order valence-electron chi connectivity index (χ2n) is 3.99. The van der Waals surface area contributed by atoms with Crippen molar-refractivity contribution in [2.24, 2.45) is 5.84 Å². The Kier molecular flexibility index (Phi) is 4.44. The molecule has 0 aliphatic carbocycles. The second-order valence-corrected chi connectivity index (χ2v) is 3.99. The zero-order chi connectivity index (χ0) is 14.5. The van der Waals surface area contributed by atoms with Crippen LogP contribution in [0.15, 0.2) is 30.3 Å². The first kappa shape index (κ1) is 14.2. The summed E-state index contributed by atoms with van der Waals surface area (Å²) in [6.07, 6.45) is 0. The molecule has 0 aliphatic rings. The lowest BCUT2D eigenvalue weighted by atomic mass is 10.0. The van der Waals surface area contributed by atoms with Crippen LogP contribution in [0, 0.1) is 5.82 Å². The molecule has 0 bridgehead atoms. The van der Waals surface area contributed by atoms with Gasteiger partial charge < -0.3 is 9.47 Å². The highest BCUT2D eigenvalue weighted by molar-refractivity contribution is 5.40. The number of nitrogens with two attached hydrogens (primary N) is 1. The van der Waals surface area contributed by atoms with Crippen molar-refractivity contribution in [1.82, 2.24) is 15.6 Å². The molecule has 0 saturated heterocycles. The summed E-state index contributed by atoms with van der Waals surface area (Å²) in [7, 11) is 3.00. The van der Waals surface area contributed by atoms with Crippen molar-refractivity contribution in [3.05, 3.63) is 47.4 Å². The van der Waals surface area contributed by atoms with Gasteiger partial charge in [0.1, 0.15) is 11.6 Å². The van der Waals surface area contributed by atoms with Crippen LogP contribution in [-0.4, -0.2) is 24.4 Å². The Bertz CT molecular complexity index is 577. The monoisotopic (exact) mass is 278 g/mol. The van der Waals surface area contributed by atoms with E-state index >= 15 is 0 Å². The Morgan fingerprint density at radius 1 is 1.15 bits per heavy atom. The van der Waals surface area contributed by atoms with Gasteiger partial charge in [-0.15, -0.1) is 10.2 Å². The van der Waals surface area contributed by atoms with Crippen LogP contribution in [-0.2, 0) is 0 Å². The van der Waals surface area contributed by atoms with Crippen molar-refractivity contribution in [3.8, 4) is 11.6 Å². The average molecular weight is 278 g/mol. The van der Waals surface area contributed by atoms with Gasteiger partial charge in [0.25, 0.3) is 0 Å². The number of hydrogen-bond donors (Lipinski definition) is 2. The summed E-state index contributed by atoms with van der Waals surface area (Å²) >= 11 is 0. The number of benzene rings is 1. The first-order chi connectivity index (χ1) is 9.69. The summed E-state index contributed by atoms with van der Waals surface area (Å²) in [6.45, 7) is 0. The molecular formula is C13H15FN4O2. The maximum absolute atomic E-state index is 13.4. The molecule has 6 nitrogen and oxygen atoms in total. The van der Waals surface area contributed by atoms with Crippen LogP contribution in [0.4, 0.5) is 4.39 Å². The topological polar surface area (TPSA) is 82.3 Å². The van der Waals surface area contributed by atoms with E-state index in [1.807, 2.05) is 0 Å². The summed E-state index contributed by atoms with van der Waals surface area (Å²) in [5.41, 5.74) is 3.65. The second kappa shape index (κ2) is 6.27. The minimum absolute atomic E-state index is 0.385. The van der Waals surface area contributed by atoms with Crippen molar-refractivity contribution in [1.29, 1.82) is 0 Å². The summed E-state index contributed by atoms with van der Waals surface area (Å²) < 4.78 is 23.6. The van der Waals surface area contributed by atoms with Crippen LogP contribution in [0.3, 0.4) is 0 Å². The van der Waals surface area contributed by atoms with E-state index < -0.39 is 6.04 Å². The molecule has 0 aliphatic heterocycles. The minimum Gasteiger partial charge on any atom is -0.496 e. The van der Waals surface area contributed by atoms with Crippen molar-refractivity contribution in [2.45, 2.75) is 6.04 Å². The van der Waals surface area contributed by atoms with Crippen LogP contribution in [0.1, 0.15) is 17.3 Å². The Labute approximate surface area is 115 Å². The van der Waals surface area contributed by atoms with E-state index in [1.165, 1.54) is 32.4 Å². The minimum atomic E-state index is -0.543. The maximum Gasteiger partial charge on any atom is 0.233 e. The summed E-state index contributed by atoms with van der Waals surface area (Å²) in [6, 6.07) is 7.00. The summed E-state index contributed by atoms with van der Waals surface area (Å²) in [5, 5.41) is 7.87. The molecule has 0 amide bonds. The smallest absolute Gasteiger partial charge is 0.233 e. The van der Waals surface area contributed by atoms with Crippen LogP contribution in [0.25, 0.3) is 0 Å². The van der Waals surface area contributed by atoms with Gasteiger partial charge in [0, 0.05) is 11.6 Å². The van der Waals surface area contributed by atoms with Gasteiger partial charge in [0.15, 0.2) is 0 Å². The van der Waals surface area contributed by atoms with Crippen LogP contribution >= 0.6 is 0 Å². The van der Waals surface area contributed by atoms with Crippen LogP contribution < -0.4 is 20.7 Å². The molecule has 0 spiro atoms.